The zero-order valence-electron chi connectivity index (χ0n) is 9.49. The van der Waals surface area contributed by atoms with Gasteiger partial charge in [-0.3, -0.25) is 5.43 Å². The number of nitrogens with one attached hydrogen (secondary N) is 2. The van der Waals surface area contributed by atoms with Gasteiger partial charge in [-0.1, -0.05) is 24.3 Å². The molecule has 0 aromatic carbocycles. The van der Waals surface area contributed by atoms with Crippen molar-refractivity contribution in [2.45, 2.75) is 19.8 Å². The fourth-order valence-corrected chi connectivity index (χ4v) is 2.17. The van der Waals surface area contributed by atoms with Gasteiger partial charge in [-0.05, 0) is 37.9 Å². The molecular weight excluding hydrogens is 218 g/mol. The number of rotatable bonds is 3. The minimum Gasteiger partial charge on any atom is -0.358 e. The number of fused-ring (bicyclic) bond motifs is 1. The van der Waals surface area contributed by atoms with E-state index in [-0.39, 0.29) is 0 Å². The molecular formula is C12H17N3S. The Bertz CT molecular complexity index is 370. The first-order valence-corrected chi connectivity index (χ1v) is 5.99. The van der Waals surface area contributed by atoms with Crippen LogP contribution in [0, 0.1) is 11.8 Å². The van der Waals surface area contributed by atoms with Crippen LogP contribution in [-0.4, -0.2) is 17.4 Å². The van der Waals surface area contributed by atoms with Crippen molar-refractivity contribution in [1.82, 2.24) is 10.7 Å². The summed E-state index contributed by atoms with van der Waals surface area (Å²) in [5.41, 5.74) is 5.16. The van der Waals surface area contributed by atoms with E-state index in [0.717, 1.165) is 17.9 Å². The van der Waals surface area contributed by atoms with E-state index in [1.807, 2.05) is 6.92 Å². The Hall–Kier alpha value is -1.16. The standard InChI is InChI=1S/C12H17N3S/c1-8(2)7-13-12(16)15-14-11-6-9-4-3-5-10(9)11/h3,5,9-10H,1,4,6-7H2,2H3,(H2,13,15,16)/b14-11-. The number of hydrazone groups is 1. The zero-order chi connectivity index (χ0) is 11.5. The Morgan fingerprint density at radius 3 is 3.19 bits per heavy atom. The predicted octanol–water partition coefficient (Wildman–Crippen LogP) is 1.98. The lowest BCUT2D eigenvalue weighted by Gasteiger charge is -2.31. The van der Waals surface area contributed by atoms with Gasteiger partial charge in [-0.25, -0.2) is 0 Å². The van der Waals surface area contributed by atoms with Crippen LogP contribution in [0.1, 0.15) is 19.8 Å². The van der Waals surface area contributed by atoms with Crippen molar-refractivity contribution in [3.63, 3.8) is 0 Å². The van der Waals surface area contributed by atoms with Crippen LogP contribution in [-0.2, 0) is 0 Å². The molecule has 0 heterocycles. The van der Waals surface area contributed by atoms with Crippen LogP contribution in [0.5, 0.6) is 0 Å². The molecule has 1 saturated carbocycles. The summed E-state index contributed by atoms with van der Waals surface area (Å²) < 4.78 is 0. The minimum atomic E-state index is 0.566. The van der Waals surface area contributed by atoms with Gasteiger partial charge < -0.3 is 5.32 Å². The molecule has 2 aliphatic rings. The first-order valence-electron chi connectivity index (χ1n) is 5.58. The smallest absolute Gasteiger partial charge is 0.187 e. The number of hydrogen-bond acceptors (Lipinski definition) is 2. The van der Waals surface area contributed by atoms with E-state index in [2.05, 4.69) is 34.6 Å². The van der Waals surface area contributed by atoms with Gasteiger partial charge in [0.15, 0.2) is 5.11 Å². The van der Waals surface area contributed by atoms with Gasteiger partial charge in [0.05, 0.1) is 0 Å². The lowest BCUT2D eigenvalue weighted by molar-refractivity contribution is 0.444. The first kappa shape index (κ1) is 11.3. The average molecular weight is 235 g/mol. The summed E-state index contributed by atoms with van der Waals surface area (Å²) in [5.74, 6) is 1.37. The molecule has 0 bridgehead atoms. The van der Waals surface area contributed by atoms with Gasteiger partial charge in [0.1, 0.15) is 0 Å². The monoisotopic (exact) mass is 235 g/mol. The first-order chi connectivity index (χ1) is 7.66. The SMILES string of the molecule is C=C(C)CNC(=S)N/N=C1/CC2CC=CC12. The molecule has 2 atom stereocenters. The van der Waals surface area contributed by atoms with Gasteiger partial charge >= 0.3 is 0 Å². The fourth-order valence-electron chi connectivity index (χ4n) is 2.05. The van der Waals surface area contributed by atoms with Crippen molar-refractivity contribution >= 4 is 23.0 Å². The van der Waals surface area contributed by atoms with E-state index in [4.69, 9.17) is 12.2 Å². The van der Waals surface area contributed by atoms with Gasteiger partial charge in [0.2, 0.25) is 0 Å². The Labute approximate surface area is 102 Å². The highest BCUT2D eigenvalue weighted by molar-refractivity contribution is 7.80. The third-order valence-electron chi connectivity index (χ3n) is 3.00. The summed E-state index contributed by atoms with van der Waals surface area (Å²) in [5, 5.41) is 7.94. The van der Waals surface area contributed by atoms with Crippen LogP contribution in [0.3, 0.4) is 0 Å². The summed E-state index contributed by atoms with van der Waals surface area (Å²) >= 11 is 5.09. The lowest BCUT2D eigenvalue weighted by Crippen LogP contribution is -2.38. The molecule has 2 rings (SSSR count). The summed E-state index contributed by atoms with van der Waals surface area (Å²) in [6.07, 6.45) is 6.81. The zero-order valence-corrected chi connectivity index (χ0v) is 10.3. The molecule has 4 heteroatoms. The highest BCUT2D eigenvalue weighted by atomic mass is 32.1. The Morgan fingerprint density at radius 1 is 1.69 bits per heavy atom. The van der Waals surface area contributed by atoms with E-state index in [1.54, 1.807) is 0 Å². The maximum absolute atomic E-state index is 5.09. The largest absolute Gasteiger partial charge is 0.358 e. The average Bonchev–Trinajstić information content (AvgIpc) is 2.57. The molecule has 2 unspecified atom stereocenters. The molecule has 2 aliphatic carbocycles. The second-order valence-corrected chi connectivity index (χ2v) is 4.92. The molecule has 0 spiro atoms. The number of allylic oxidation sites excluding steroid dienone is 2. The minimum absolute atomic E-state index is 0.566. The van der Waals surface area contributed by atoms with E-state index < -0.39 is 0 Å². The topological polar surface area (TPSA) is 36.4 Å². The predicted molar refractivity (Wildman–Crippen MR) is 71.3 cm³/mol. The number of thiocarbonyl (C=S) groups is 1. The van der Waals surface area contributed by atoms with Crippen molar-refractivity contribution in [3.8, 4) is 0 Å². The van der Waals surface area contributed by atoms with Gasteiger partial charge in [0, 0.05) is 18.2 Å². The van der Waals surface area contributed by atoms with Crippen LogP contribution in [0.2, 0.25) is 0 Å². The molecule has 0 aromatic rings. The van der Waals surface area contributed by atoms with E-state index in [9.17, 15) is 0 Å². The summed E-state index contributed by atoms with van der Waals surface area (Å²) in [6.45, 7) is 6.46. The molecule has 1 fully saturated rings. The van der Waals surface area contributed by atoms with E-state index in [0.29, 0.717) is 17.6 Å². The molecule has 0 amide bonds. The van der Waals surface area contributed by atoms with Crippen LogP contribution < -0.4 is 10.7 Å². The highest BCUT2D eigenvalue weighted by Crippen LogP contribution is 2.39. The molecule has 0 radical (unpaired) electrons. The second-order valence-electron chi connectivity index (χ2n) is 4.51. The van der Waals surface area contributed by atoms with E-state index in [1.165, 1.54) is 12.1 Å². The summed E-state index contributed by atoms with van der Waals surface area (Å²) in [7, 11) is 0. The quantitative estimate of drug-likeness (QED) is 0.446. The summed E-state index contributed by atoms with van der Waals surface area (Å²) in [4.78, 5) is 0. The molecule has 2 N–H and O–H groups in total. The highest BCUT2D eigenvalue weighted by Gasteiger charge is 2.37. The molecule has 3 nitrogen and oxygen atoms in total. The molecule has 0 aromatic heterocycles. The van der Waals surface area contributed by atoms with Crippen molar-refractivity contribution in [1.29, 1.82) is 0 Å². The van der Waals surface area contributed by atoms with Gasteiger partial charge in [0.25, 0.3) is 0 Å². The summed E-state index contributed by atoms with van der Waals surface area (Å²) in [6, 6.07) is 0. The Balaban J connectivity index is 1.74. The Morgan fingerprint density at radius 2 is 2.50 bits per heavy atom. The molecule has 16 heavy (non-hydrogen) atoms. The maximum atomic E-state index is 5.09. The van der Waals surface area contributed by atoms with Crippen LogP contribution in [0.4, 0.5) is 0 Å². The van der Waals surface area contributed by atoms with Crippen LogP contribution >= 0.6 is 12.2 Å². The van der Waals surface area contributed by atoms with Crippen molar-refractivity contribution < 1.29 is 0 Å². The van der Waals surface area contributed by atoms with Crippen LogP contribution in [0.15, 0.2) is 29.4 Å². The number of nitrogens with zero attached hydrogens (tertiary/aromatic N) is 1. The number of hydrogen-bond donors (Lipinski definition) is 2. The van der Waals surface area contributed by atoms with Gasteiger partial charge in [-0.15, -0.1) is 0 Å². The van der Waals surface area contributed by atoms with Gasteiger partial charge in [-0.2, -0.15) is 5.10 Å². The maximum Gasteiger partial charge on any atom is 0.187 e. The van der Waals surface area contributed by atoms with E-state index >= 15 is 0 Å². The third-order valence-corrected chi connectivity index (χ3v) is 3.23. The Kier molecular flexibility index (Phi) is 3.39. The molecule has 86 valence electrons. The van der Waals surface area contributed by atoms with Crippen molar-refractivity contribution in [2.75, 3.05) is 6.54 Å². The lowest BCUT2D eigenvalue weighted by atomic mass is 9.74. The van der Waals surface area contributed by atoms with Crippen LogP contribution in [0.25, 0.3) is 0 Å². The molecule has 0 saturated heterocycles. The molecule has 0 aliphatic heterocycles. The normalized spacial score (nSPS) is 28.4. The van der Waals surface area contributed by atoms with Crippen molar-refractivity contribution in [2.24, 2.45) is 16.9 Å². The second kappa shape index (κ2) is 4.78. The fraction of sp³-hybridized carbons (Fsp3) is 0.500. The van der Waals surface area contributed by atoms with Crippen molar-refractivity contribution in [3.05, 3.63) is 24.3 Å². The third kappa shape index (κ3) is 2.50.